The van der Waals surface area contributed by atoms with Gasteiger partial charge in [0.05, 0.1) is 44.0 Å². The maximum absolute atomic E-state index is 12.5. The fourth-order valence-corrected chi connectivity index (χ4v) is 7.43. The summed E-state index contributed by atoms with van der Waals surface area (Å²) < 4.78 is 72.2. The molecule has 4 aromatic rings. The normalized spacial score (nSPS) is 12.7. The Bertz CT molecular complexity index is 2520. The van der Waals surface area contributed by atoms with Crippen LogP contribution >= 0.6 is 0 Å². The number of benzene rings is 5. The SMILES string of the molecule is CNc1cc(S(=O)(=O)O)c(N=c2cc3n(-c4c(C)ccc(S(=O)(=O)O)c4C)c4cc(N(C)C)ccc4nc-3c3ccccc23)cc1C. The lowest BCUT2D eigenvalue weighted by molar-refractivity contribution is 0.480. The Hall–Kier alpha value is -4.82. The minimum absolute atomic E-state index is 0.0458. The van der Waals surface area contributed by atoms with Crippen molar-refractivity contribution < 1.29 is 25.9 Å². The molecule has 2 aliphatic rings. The van der Waals surface area contributed by atoms with Gasteiger partial charge in [0.15, 0.2) is 0 Å². The second kappa shape index (κ2) is 11.5. The number of aryl methyl sites for hydroxylation is 2. The van der Waals surface area contributed by atoms with Gasteiger partial charge in [0, 0.05) is 43.3 Å². The zero-order chi connectivity index (χ0) is 34.0. The molecule has 0 spiro atoms. The first kappa shape index (κ1) is 32.1. The Morgan fingerprint density at radius 1 is 0.809 bits per heavy atom. The van der Waals surface area contributed by atoms with Crippen LogP contribution in [0.25, 0.3) is 38.9 Å². The lowest BCUT2D eigenvalue weighted by Gasteiger charge is -2.25. The summed E-state index contributed by atoms with van der Waals surface area (Å²) in [4.78, 5) is 11.3. The number of nitrogens with one attached hydrogen (secondary N) is 1. The van der Waals surface area contributed by atoms with Gasteiger partial charge < -0.3 is 14.8 Å². The molecule has 0 bridgehead atoms. The summed E-state index contributed by atoms with van der Waals surface area (Å²) in [7, 11) is -3.74. The fraction of sp³-hybridized carbons (Fsp3) is 0.176. The van der Waals surface area contributed by atoms with E-state index >= 15 is 0 Å². The summed E-state index contributed by atoms with van der Waals surface area (Å²) >= 11 is 0. The number of nitrogens with zero attached hydrogens (tertiary/aromatic N) is 4. The molecular weight excluding hydrogens is 639 g/mol. The van der Waals surface area contributed by atoms with Crippen molar-refractivity contribution >= 4 is 59.1 Å². The number of hydrogen-bond donors (Lipinski definition) is 3. The Kier molecular flexibility index (Phi) is 7.83. The molecular formula is C34H33N5O6S2. The predicted octanol–water partition coefficient (Wildman–Crippen LogP) is 6.04. The van der Waals surface area contributed by atoms with Crippen molar-refractivity contribution in [2.24, 2.45) is 4.99 Å². The number of rotatable bonds is 6. The molecule has 1 aliphatic heterocycles. The summed E-state index contributed by atoms with van der Waals surface area (Å²) in [6, 6.07) is 21.0. The van der Waals surface area contributed by atoms with Crippen molar-refractivity contribution in [1.82, 2.24) is 9.55 Å². The maximum Gasteiger partial charge on any atom is 0.296 e. The summed E-state index contributed by atoms with van der Waals surface area (Å²) in [5.41, 5.74) is 6.22. The first-order valence-corrected chi connectivity index (χ1v) is 17.5. The van der Waals surface area contributed by atoms with Crippen LogP contribution in [0, 0.1) is 20.8 Å². The van der Waals surface area contributed by atoms with Gasteiger partial charge in [0.2, 0.25) is 0 Å². The van der Waals surface area contributed by atoms with Gasteiger partial charge in [-0.15, -0.1) is 0 Å². The molecule has 1 aliphatic carbocycles. The van der Waals surface area contributed by atoms with Crippen LogP contribution in [0.2, 0.25) is 0 Å². The van der Waals surface area contributed by atoms with Gasteiger partial charge in [-0.05, 0) is 79.9 Å². The van der Waals surface area contributed by atoms with Crippen molar-refractivity contribution in [3.8, 4) is 17.1 Å². The first-order valence-electron chi connectivity index (χ1n) is 14.6. The van der Waals surface area contributed by atoms with Gasteiger partial charge in [0.1, 0.15) is 4.90 Å². The van der Waals surface area contributed by atoms with Gasteiger partial charge in [-0.3, -0.25) is 9.11 Å². The molecule has 0 atom stereocenters. The molecule has 6 rings (SSSR count). The van der Waals surface area contributed by atoms with E-state index < -0.39 is 20.2 Å². The minimum Gasteiger partial charge on any atom is -0.388 e. The number of hydrogen-bond acceptors (Lipinski definition) is 8. The third kappa shape index (κ3) is 5.61. The van der Waals surface area contributed by atoms with E-state index in [0.29, 0.717) is 55.5 Å². The monoisotopic (exact) mass is 671 g/mol. The highest BCUT2D eigenvalue weighted by atomic mass is 32.2. The molecule has 242 valence electrons. The number of aromatic nitrogens is 2. The number of anilines is 2. The van der Waals surface area contributed by atoms with E-state index in [4.69, 9.17) is 9.98 Å². The van der Waals surface area contributed by atoms with E-state index in [2.05, 4.69) is 5.32 Å². The van der Waals surface area contributed by atoms with E-state index in [1.54, 1.807) is 39.1 Å². The fourth-order valence-electron chi connectivity index (χ4n) is 6.07. The summed E-state index contributed by atoms with van der Waals surface area (Å²) in [6.45, 7) is 5.30. The standard InChI is InChI=1S/C34H33N5O6S2/c1-19-11-14-31(46(40,41)42)21(3)34(19)39-29-16-22(38(5)6)12-13-25(29)37-33-24-10-8-7-9-23(24)27(17-30(33)39)36-28-15-20(2)26(35-4)18-32(28)47(43,44)45/h7-18,35H,1-6H3,(H,40,41,42)(H,43,44,45). The van der Waals surface area contributed by atoms with Crippen molar-refractivity contribution in [1.29, 1.82) is 0 Å². The van der Waals surface area contributed by atoms with Gasteiger partial charge in [-0.1, -0.05) is 30.3 Å². The van der Waals surface area contributed by atoms with Crippen LogP contribution in [0.15, 0.2) is 87.6 Å². The Balaban J connectivity index is 1.87. The highest BCUT2D eigenvalue weighted by molar-refractivity contribution is 7.86. The Morgan fingerprint density at radius 3 is 2.13 bits per heavy atom. The molecule has 0 unspecified atom stereocenters. The van der Waals surface area contributed by atoms with Gasteiger partial charge in [-0.2, -0.15) is 16.8 Å². The molecule has 0 saturated heterocycles. The maximum atomic E-state index is 12.5. The highest BCUT2D eigenvalue weighted by Gasteiger charge is 2.25. The average molecular weight is 672 g/mol. The van der Waals surface area contributed by atoms with E-state index in [0.717, 1.165) is 16.8 Å². The summed E-state index contributed by atoms with van der Waals surface area (Å²) in [6.07, 6.45) is 0. The zero-order valence-corrected chi connectivity index (χ0v) is 28.2. The topological polar surface area (TPSA) is 154 Å². The average Bonchev–Trinajstić information content (AvgIpc) is 2.99. The second-order valence-electron chi connectivity index (χ2n) is 11.6. The van der Waals surface area contributed by atoms with E-state index in [-0.39, 0.29) is 15.5 Å². The third-order valence-electron chi connectivity index (χ3n) is 8.34. The van der Waals surface area contributed by atoms with Crippen LogP contribution in [0.3, 0.4) is 0 Å². The van der Waals surface area contributed by atoms with Crippen molar-refractivity contribution in [3.05, 3.63) is 94.8 Å². The van der Waals surface area contributed by atoms with Crippen LogP contribution in [0.5, 0.6) is 0 Å². The van der Waals surface area contributed by atoms with Crippen LogP contribution < -0.4 is 15.6 Å². The minimum atomic E-state index is -4.66. The van der Waals surface area contributed by atoms with Gasteiger partial charge in [0.25, 0.3) is 20.2 Å². The molecule has 1 heterocycles. The predicted molar refractivity (Wildman–Crippen MR) is 185 cm³/mol. The third-order valence-corrected chi connectivity index (χ3v) is 10.2. The molecule has 4 aromatic carbocycles. The summed E-state index contributed by atoms with van der Waals surface area (Å²) in [5.74, 6) is 0. The van der Waals surface area contributed by atoms with Crippen LogP contribution in [-0.2, 0) is 20.2 Å². The molecule has 0 amide bonds. The van der Waals surface area contributed by atoms with Gasteiger partial charge >= 0.3 is 0 Å². The lowest BCUT2D eigenvalue weighted by Crippen LogP contribution is -2.16. The largest absolute Gasteiger partial charge is 0.388 e. The molecule has 3 N–H and O–H groups in total. The van der Waals surface area contributed by atoms with Gasteiger partial charge in [-0.25, -0.2) is 9.98 Å². The Morgan fingerprint density at radius 2 is 1.49 bits per heavy atom. The molecule has 13 heteroatoms. The van der Waals surface area contributed by atoms with Crippen LogP contribution in [-0.4, -0.2) is 56.6 Å². The smallest absolute Gasteiger partial charge is 0.296 e. The Labute approximate surface area is 272 Å². The van der Waals surface area contributed by atoms with E-state index in [1.165, 1.54) is 12.1 Å². The van der Waals surface area contributed by atoms with Crippen molar-refractivity contribution in [3.63, 3.8) is 0 Å². The molecule has 11 nitrogen and oxygen atoms in total. The van der Waals surface area contributed by atoms with E-state index in [9.17, 15) is 25.9 Å². The lowest BCUT2D eigenvalue weighted by atomic mass is 10.0. The van der Waals surface area contributed by atoms with E-state index in [1.807, 2.05) is 73.0 Å². The quantitative estimate of drug-likeness (QED) is 0.109. The highest BCUT2D eigenvalue weighted by Crippen LogP contribution is 2.38. The second-order valence-corrected chi connectivity index (χ2v) is 14.4. The molecule has 0 aromatic heterocycles. The molecule has 0 saturated carbocycles. The zero-order valence-electron chi connectivity index (χ0n) is 26.6. The molecule has 0 fully saturated rings. The number of fused-ring (bicyclic) bond motifs is 4. The van der Waals surface area contributed by atoms with Crippen molar-refractivity contribution in [2.45, 2.75) is 30.6 Å². The van der Waals surface area contributed by atoms with Crippen molar-refractivity contribution in [2.75, 3.05) is 31.4 Å². The summed E-state index contributed by atoms with van der Waals surface area (Å²) in [5, 5.41) is 4.74. The molecule has 47 heavy (non-hydrogen) atoms. The van der Waals surface area contributed by atoms with Crippen LogP contribution in [0.4, 0.5) is 17.1 Å². The first-order chi connectivity index (χ1) is 22.1. The molecule has 0 radical (unpaired) electrons. The van der Waals surface area contributed by atoms with Crippen LogP contribution in [0.1, 0.15) is 16.7 Å².